The largest absolute Gasteiger partial charge is 0.493 e. The molecule has 3 heteroatoms. The molecule has 0 aromatic heterocycles. The Morgan fingerprint density at radius 1 is 1.25 bits per heavy atom. The topological polar surface area (TPSA) is 44.5 Å². The Morgan fingerprint density at radius 3 is 2.75 bits per heavy atom. The molecule has 1 aromatic carbocycles. The molecule has 1 rings (SSSR count). The molecule has 0 bridgehead atoms. The van der Waals surface area contributed by atoms with Gasteiger partial charge in [0.15, 0.2) is 0 Å². The van der Waals surface area contributed by atoms with Gasteiger partial charge in [-0.1, -0.05) is 12.1 Å². The first-order chi connectivity index (χ1) is 7.72. The van der Waals surface area contributed by atoms with E-state index in [1.807, 2.05) is 38.1 Å². The minimum Gasteiger partial charge on any atom is -0.493 e. The molecular formula is C13H21NO2. The second-order valence-electron chi connectivity index (χ2n) is 3.97. The Kier molecular flexibility index (Phi) is 5.90. The van der Waals surface area contributed by atoms with E-state index in [4.69, 9.17) is 15.2 Å². The molecule has 0 amide bonds. The van der Waals surface area contributed by atoms with E-state index in [1.165, 1.54) is 0 Å². The monoisotopic (exact) mass is 223 g/mol. The van der Waals surface area contributed by atoms with Crippen molar-refractivity contribution in [2.75, 3.05) is 13.2 Å². The van der Waals surface area contributed by atoms with Gasteiger partial charge in [-0.25, -0.2) is 0 Å². The van der Waals surface area contributed by atoms with Crippen LogP contribution in [0.4, 0.5) is 0 Å². The summed E-state index contributed by atoms with van der Waals surface area (Å²) in [5, 5.41) is 0. The van der Waals surface area contributed by atoms with Crippen molar-refractivity contribution in [1.29, 1.82) is 0 Å². The van der Waals surface area contributed by atoms with Gasteiger partial charge < -0.3 is 15.2 Å². The number of ether oxygens (including phenoxy) is 2. The first-order valence-corrected chi connectivity index (χ1v) is 5.76. The minimum absolute atomic E-state index is 0.292. The quantitative estimate of drug-likeness (QED) is 0.722. The number of nitrogens with two attached hydrogens (primary N) is 1. The summed E-state index contributed by atoms with van der Waals surface area (Å²) in [6, 6.07) is 7.88. The molecule has 0 aliphatic carbocycles. The molecule has 0 unspecified atom stereocenters. The zero-order chi connectivity index (χ0) is 11.8. The van der Waals surface area contributed by atoms with Crippen LogP contribution < -0.4 is 10.5 Å². The fourth-order valence-corrected chi connectivity index (χ4v) is 1.33. The third-order valence-corrected chi connectivity index (χ3v) is 2.14. The van der Waals surface area contributed by atoms with Crippen molar-refractivity contribution < 1.29 is 9.47 Å². The Hall–Kier alpha value is -1.06. The SMILES string of the molecule is CC(C)OCCCOc1cccc(CN)c1. The highest BCUT2D eigenvalue weighted by Crippen LogP contribution is 2.12. The molecule has 0 aliphatic heterocycles. The average molecular weight is 223 g/mol. The fraction of sp³-hybridized carbons (Fsp3) is 0.538. The maximum atomic E-state index is 5.59. The van der Waals surface area contributed by atoms with Crippen molar-refractivity contribution in [2.24, 2.45) is 5.73 Å². The second-order valence-corrected chi connectivity index (χ2v) is 3.97. The lowest BCUT2D eigenvalue weighted by Gasteiger charge is -2.09. The second kappa shape index (κ2) is 7.25. The molecule has 0 fully saturated rings. The molecule has 90 valence electrons. The van der Waals surface area contributed by atoms with Gasteiger partial charge in [0.25, 0.3) is 0 Å². The number of benzene rings is 1. The van der Waals surface area contributed by atoms with Gasteiger partial charge in [-0.3, -0.25) is 0 Å². The zero-order valence-electron chi connectivity index (χ0n) is 10.1. The van der Waals surface area contributed by atoms with Gasteiger partial charge in [-0.2, -0.15) is 0 Å². The molecule has 3 nitrogen and oxygen atoms in total. The third kappa shape index (κ3) is 5.14. The molecule has 16 heavy (non-hydrogen) atoms. The lowest BCUT2D eigenvalue weighted by molar-refractivity contribution is 0.0694. The summed E-state index contributed by atoms with van der Waals surface area (Å²) in [6.07, 6.45) is 1.20. The standard InChI is InChI=1S/C13H21NO2/c1-11(2)15-7-4-8-16-13-6-3-5-12(9-13)10-14/h3,5-6,9,11H,4,7-8,10,14H2,1-2H3. The molecule has 0 atom stereocenters. The lowest BCUT2D eigenvalue weighted by Crippen LogP contribution is -2.08. The van der Waals surface area contributed by atoms with Crippen LogP contribution >= 0.6 is 0 Å². The summed E-state index contributed by atoms with van der Waals surface area (Å²) in [4.78, 5) is 0. The molecule has 0 radical (unpaired) electrons. The number of rotatable bonds is 7. The van der Waals surface area contributed by atoms with Gasteiger partial charge in [0, 0.05) is 13.0 Å². The predicted octanol–water partition coefficient (Wildman–Crippen LogP) is 2.34. The normalized spacial score (nSPS) is 10.8. The molecule has 0 saturated carbocycles. The van der Waals surface area contributed by atoms with Crippen molar-refractivity contribution in [3.05, 3.63) is 29.8 Å². The van der Waals surface area contributed by atoms with Gasteiger partial charge in [0.1, 0.15) is 5.75 Å². The van der Waals surface area contributed by atoms with Crippen LogP contribution in [0.3, 0.4) is 0 Å². The molecule has 2 N–H and O–H groups in total. The highest BCUT2D eigenvalue weighted by atomic mass is 16.5. The van der Waals surface area contributed by atoms with Crippen LogP contribution in [-0.4, -0.2) is 19.3 Å². The fourth-order valence-electron chi connectivity index (χ4n) is 1.33. The van der Waals surface area contributed by atoms with Crippen LogP contribution in [0.1, 0.15) is 25.8 Å². The summed E-state index contributed by atoms with van der Waals surface area (Å²) >= 11 is 0. The average Bonchev–Trinajstić information content (AvgIpc) is 2.28. The minimum atomic E-state index is 0.292. The van der Waals surface area contributed by atoms with Gasteiger partial charge in [0.2, 0.25) is 0 Å². The molecular weight excluding hydrogens is 202 g/mol. The van der Waals surface area contributed by atoms with Crippen LogP contribution in [0, 0.1) is 0 Å². The lowest BCUT2D eigenvalue weighted by atomic mass is 10.2. The Morgan fingerprint density at radius 2 is 2.06 bits per heavy atom. The van der Waals surface area contributed by atoms with E-state index < -0.39 is 0 Å². The first kappa shape index (κ1) is 13.0. The van der Waals surface area contributed by atoms with E-state index >= 15 is 0 Å². The van der Waals surface area contributed by atoms with E-state index in [0.29, 0.717) is 19.3 Å². The van der Waals surface area contributed by atoms with Crippen LogP contribution in [0.2, 0.25) is 0 Å². The van der Waals surface area contributed by atoms with Gasteiger partial charge in [-0.15, -0.1) is 0 Å². The molecule has 0 heterocycles. The molecule has 1 aromatic rings. The van der Waals surface area contributed by atoms with E-state index in [9.17, 15) is 0 Å². The Bertz CT molecular complexity index is 300. The summed E-state index contributed by atoms with van der Waals surface area (Å²) < 4.78 is 11.0. The van der Waals surface area contributed by atoms with Gasteiger partial charge in [-0.05, 0) is 31.5 Å². The van der Waals surface area contributed by atoms with Crippen LogP contribution in [-0.2, 0) is 11.3 Å². The molecule has 0 saturated heterocycles. The maximum Gasteiger partial charge on any atom is 0.119 e. The summed E-state index contributed by atoms with van der Waals surface area (Å²) in [7, 11) is 0. The summed E-state index contributed by atoms with van der Waals surface area (Å²) in [6.45, 7) is 6.04. The Labute approximate surface area is 97.6 Å². The zero-order valence-corrected chi connectivity index (χ0v) is 10.1. The van der Waals surface area contributed by atoms with E-state index in [1.54, 1.807) is 0 Å². The van der Waals surface area contributed by atoms with E-state index in [-0.39, 0.29) is 0 Å². The van der Waals surface area contributed by atoms with Crippen molar-refractivity contribution in [3.63, 3.8) is 0 Å². The predicted molar refractivity (Wildman–Crippen MR) is 65.5 cm³/mol. The highest BCUT2D eigenvalue weighted by molar-refractivity contribution is 5.28. The van der Waals surface area contributed by atoms with Crippen LogP contribution in [0.5, 0.6) is 5.75 Å². The maximum absolute atomic E-state index is 5.59. The Balaban J connectivity index is 2.21. The molecule has 0 aliphatic rings. The summed E-state index contributed by atoms with van der Waals surface area (Å²) in [5.41, 5.74) is 6.65. The van der Waals surface area contributed by atoms with Crippen molar-refractivity contribution in [3.8, 4) is 5.75 Å². The number of hydrogen-bond acceptors (Lipinski definition) is 3. The highest BCUT2D eigenvalue weighted by Gasteiger charge is 1.96. The van der Waals surface area contributed by atoms with Gasteiger partial charge in [0.05, 0.1) is 19.3 Å². The molecule has 0 spiro atoms. The van der Waals surface area contributed by atoms with Crippen molar-refractivity contribution in [1.82, 2.24) is 0 Å². The van der Waals surface area contributed by atoms with Crippen molar-refractivity contribution in [2.45, 2.75) is 32.9 Å². The van der Waals surface area contributed by atoms with Crippen molar-refractivity contribution >= 4 is 0 Å². The van der Waals surface area contributed by atoms with E-state index in [2.05, 4.69) is 0 Å². The number of hydrogen-bond donors (Lipinski definition) is 1. The van der Waals surface area contributed by atoms with Crippen LogP contribution in [0.15, 0.2) is 24.3 Å². The van der Waals surface area contributed by atoms with E-state index in [0.717, 1.165) is 24.3 Å². The third-order valence-electron chi connectivity index (χ3n) is 2.14. The van der Waals surface area contributed by atoms with Gasteiger partial charge >= 0.3 is 0 Å². The summed E-state index contributed by atoms with van der Waals surface area (Å²) in [5.74, 6) is 0.882. The smallest absolute Gasteiger partial charge is 0.119 e. The van der Waals surface area contributed by atoms with Crippen LogP contribution in [0.25, 0.3) is 0 Å². The first-order valence-electron chi connectivity index (χ1n) is 5.76.